The Labute approximate surface area is 126 Å². The number of para-hydroxylation sites is 2. The number of rotatable bonds is 7. The number of ether oxygens (including phenoxy) is 1. The van der Waals surface area contributed by atoms with E-state index in [0.29, 0.717) is 24.6 Å². The molecule has 5 nitrogen and oxygen atoms in total. The lowest BCUT2D eigenvalue weighted by Gasteiger charge is -2.23. The molecule has 0 bridgehead atoms. The first-order valence-electron chi connectivity index (χ1n) is 7.25. The molecule has 0 spiro atoms. The van der Waals surface area contributed by atoms with Crippen LogP contribution in [0.1, 0.15) is 34.1 Å². The first-order chi connectivity index (χ1) is 9.93. The van der Waals surface area contributed by atoms with Crippen LogP contribution in [0, 0.1) is 5.41 Å². The molecule has 0 atom stereocenters. The van der Waals surface area contributed by atoms with Crippen molar-refractivity contribution in [1.82, 2.24) is 5.32 Å². The quantitative estimate of drug-likeness (QED) is 0.759. The number of hydrogen-bond donors (Lipinski definition) is 2. The molecular formula is C16H24N2O3. The number of carbonyl (C=O) groups is 2. The fourth-order valence-corrected chi connectivity index (χ4v) is 1.69. The molecule has 0 aliphatic rings. The number of amides is 2. The zero-order valence-electron chi connectivity index (χ0n) is 13.2. The van der Waals surface area contributed by atoms with Gasteiger partial charge in [0.1, 0.15) is 11.2 Å². The maximum Gasteiger partial charge on any atom is 0.239 e. The minimum Gasteiger partial charge on any atom is -0.492 e. The molecule has 0 unspecified atom stereocenters. The van der Waals surface area contributed by atoms with E-state index in [1.54, 1.807) is 26.0 Å². The zero-order chi connectivity index (χ0) is 15.9. The van der Waals surface area contributed by atoms with Crippen molar-refractivity contribution < 1.29 is 14.3 Å². The molecule has 1 aromatic carbocycles. The van der Waals surface area contributed by atoms with Crippen LogP contribution >= 0.6 is 0 Å². The van der Waals surface area contributed by atoms with Crippen molar-refractivity contribution >= 4 is 17.5 Å². The normalized spacial score (nSPS) is 10.9. The van der Waals surface area contributed by atoms with Gasteiger partial charge in [0.2, 0.25) is 11.8 Å². The Hall–Kier alpha value is -2.04. The van der Waals surface area contributed by atoms with Crippen LogP contribution in [0.5, 0.6) is 5.75 Å². The second kappa shape index (κ2) is 7.67. The molecule has 0 aliphatic carbocycles. The summed E-state index contributed by atoms with van der Waals surface area (Å²) in [5.41, 5.74) is -0.574. The van der Waals surface area contributed by atoms with Crippen LogP contribution in [0.25, 0.3) is 0 Å². The summed E-state index contributed by atoms with van der Waals surface area (Å²) in [6.07, 6.45) is 0.830. The fourth-order valence-electron chi connectivity index (χ4n) is 1.69. The summed E-state index contributed by atoms with van der Waals surface area (Å²) in [5.74, 6) is -0.0443. The van der Waals surface area contributed by atoms with Gasteiger partial charge in [-0.2, -0.15) is 0 Å². The fraction of sp³-hybridized carbons (Fsp3) is 0.500. The molecule has 0 saturated carbocycles. The molecular weight excluding hydrogens is 268 g/mol. The number of carbonyl (C=O) groups excluding carboxylic acids is 2. The summed E-state index contributed by atoms with van der Waals surface area (Å²) >= 11 is 0. The van der Waals surface area contributed by atoms with E-state index in [1.165, 1.54) is 0 Å². The molecule has 1 aromatic rings. The van der Waals surface area contributed by atoms with E-state index in [1.807, 2.05) is 26.0 Å². The van der Waals surface area contributed by atoms with Crippen molar-refractivity contribution in [3.05, 3.63) is 24.3 Å². The summed E-state index contributed by atoms with van der Waals surface area (Å²) in [6.45, 7) is 8.12. The highest BCUT2D eigenvalue weighted by molar-refractivity contribution is 6.10. The molecule has 0 heterocycles. The summed E-state index contributed by atoms with van der Waals surface area (Å²) in [5, 5.41) is 5.52. The minimum absolute atomic E-state index is 0.282. The highest BCUT2D eigenvalue weighted by Gasteiger charge is 2.36. The number of benzene rings is 1. The summed E-state index contributed by atoms with van der Waals surface area (Å²) in [6, 6.07) is 7.17. The lowest BCUT2D eigenvalue weighted by Crippen LogP contribution is -2.45. The first kappa shape index (κ1) is 17.0. The van der Waals surface area contributed by atoms with Gasteiger partial charge in [0.25, 0.3) is 0 Å². The molecule has 21 heavy (non-hydrogen) atoms. The molecule has 5 heteroatoms. The summed E-state index contributed by atoms with van der Waals surface area (Å²) in [7, 11) is 0. The lowest BCUT2D eigenvalue weighted by atomic mass is 9.91. The van der Waals surface area contributed by atoms with Gasteiger partial charge in [-0.1, -0.05) is 19.1 Å². The highest BCUT2D eigenvalue weighted by atomic mass is 16.5. The molecule has 1 rings (SSSR count). The largest absolute Gasteiger partial charge is 0.492 e. The standard InChI is InChI=1S/C16H24N2O3/c1-5-11-17-14(19)16(3,4)15(20)18-12-9-7-8-10-13(12)21-6-2/h7-10H,5-6,11H2,1-4H3,(H,17,19)(H,18,20). The van der Waals surface area contributed by atoms with E-state index < -0.39 is 5.41 Å². The van der Waals surface area contributed by atoms with E-state index in [9.17, 15) is 9.59 Å². The molecule has 116 valence electrons. The minimum atomic E-state index is -1.14. The van der Waals surface area contributed by atoms with Crippen LogP contribution in [0.2, 0.25) is 0 Å². The number of nitrogens with one attached hydrogen (secondary N) is 2. The second-order valence-corrected chi connectivity index (χ2v) is 5.26. The topological polar surface area (TPSA) is 67.4 Å². The monoisotopic (exact) mass is 292 g/mol. The summed E-state index contributed by atoms with van der Waals surface area (Å²) in [4.78, 5) is 24.4. The van der Waals surface area contributed by atoms with Gasteiger partial charge in [0, 0.05) is 6.54 Å². The van der Waals surface area contributed by atoms with Crippen LogP contribution in [0.4, 0.5) is 5.69 Å². The van der Waals surface area contributed by atoms with Gasteiger partial charge in [0.05, 0.1) is 12.3 Å². The molecule has 2 N–H and O–H groups in total. The second-order valence-electron chi connectivity index (χ2n) is 5.26. The first-order valence-corrected chi connectivity index (χ1v) is 7.25. The molecule has 0 radical (unpaired) electrons. The molecule has 0 aromatic heterocycles. The van der Waals surface area contributed by atoms with E-state index in [4.69, 9.17) is 4.74 Å². The maximum absolute atomic E-state index is 12.4. The van der Waals surface area contributed by atoms with Gasteiger partial charge in [0.15, 0.2) is 0 Å². The van der Waals surface area contributed by atoms with Gasteiger partial charge in [-0.05, 0) is 39.3 Å². The lowest BCUT2D eigenvalue weighted by molar-refractivity contribution is -0.138. The third-order valence-electron chi connectivity index (χ3n) is 3.11. The zero-order valence-corrected chi connectivity index (χ0v) is 13.2. The Morgan fingerprint density at radius 2 is 1.81 bits per heavy atom. The van der Waals surface area contributed by atoms with Crippen molar-refractivity contribution in [2.45, 2.75) is 34.1 Å². The Morgan fingerprint density at radius 3 is 2.43 bits per heavy atom. The number of hydrogen-bond acceptors (Lipinski definition) is 3. The average Bonchev–Trinajstić information content (AvgIpc) is 2.46. The van der Waals surface area contributed by atoms with Crippen LogP contribution in [-0.4, -0.2) is 25.0 Å². The Balaban J connectivity index is 2.82. The SMILES string of the molecule is CCCNC(=O)C(C)(C)C(=O)Nc1ccccc1OCC. The van der Waals surface area contributed by atoms with Crippen LogP contribution in [-0.2, 0) is 9.59 Å². The molecule has 2 amide bonds. The van der Waals surface area contributed by atoms with Gasteiger partial charge in [-0.25, -0.2) is 0 Å². The van der Waals surface area contributed by atoms with Gasteiger partial charge < -0.3 is 15.4 Å². The predicted molar refractivity (Wildman–Crippen MR) is 83.3 cm³/mol. The summed E-state index contributed by atoms with van der Waals surface area (Å²) < 4.78 is 5.46. The Kier molecular flexibility index (Phi) is 6.21. The van der Waals surface area contributed by atoms with Crippen molar-refractivity contribution in [3.63, 3.8) is 0 Å². The van der Waals surface area contributed by atoms with Crippen molar-refractivity contribution in [2.24, 2.45) is 5.41 Å². The maximum atomic E-state index is 12.4. The Bertz CT molecular complexity index is 498. The van der Waals surface area contributed by atoms with E-state index in [0.717, 1.165) is 6.42 Å². The molecule has 0 aliphatic heterocycles. The smallest absolute Gasteiger partial charge is 0.239 e. The van der Waals surface area contributed by atoms with Gasteiger partial charge in [-0.3, -0.25) is 9.59 Å². The van der Waals surface area contributed by atoms with E-state index in [2.05, 4.69) is 10.6 Å². The Morgan fingerprint density at radius 1 is 1.14 bits per heavy atom. The number of anilines is 1. The van der Waals surface area contributed by atoms with Crippen LogP contribution in [0.15, 0.2) is 24.3 Å². The predicted octanol–water partition coefficient (Wildman–Crippen LogP) is 2.58. The molecule has 0 saturated heterocycles. The van der Waals surface area contributed by atoms with Crippen LogP contribution < -0.4 is 15.4 Å². The third kappa shape index (κ3) is 4.48. The van der Waals surface area contributed by atoms with Gasteiger partial charge in [-0.15, -0.1) is 0 Å². The van der Waals surface area contributed by atoms with Crippen molar-refractivity contribution in [2.75, 3.05) is 18.5 Å². The van der Waals surface area contributed by atoms with E-state index in [-0.39, 0.29) is 11.8 Å². The van der Waals surface area contributed by atoms with Crippen molar-refractivity contribution in [1.29, 1.82) is 0 Å². The third-order valence-corrected chi connectivity index (χ3v) is 3.11. The van der Waals surface area contributed by atoms with Gasteiger partial charge >= 0.3 is 0 Å². The molecule has 0 fully saturated rings. The van der Waals surface area contributed by atoms with Crippen molar-refractivity contribution in [3.8, 4) is 5.75 Å². The highest BCUT2D eigenvalue weighted by Crippen LogP contribution is 2.26. The van der Waals surface area contributed by atoms with E-state index >= 15 is 0 Å². The van der Waals surface area contributed by atoms with Crippen LogP contribution in [0.3, 0.4) is 0 Å². The average molecular weight is 292 g/mol.